The number of hydrogen-bond acceptors (Lipinski definition) is 5. The van der Waals surface area contributed by atoms with Crippen LogP contribution in [0.5, 0.6) is 5.75 Å². The number of rotatable bonds is 5. The van der Waals surface area contributed by atoms with Gasteiger partial charge in [-0.2, -0.15) is 0 Å². The van der Waals surface area contributed by atoms with Gasteiger partial charge < -0.3 is 19.7 Å². The molecule has 0 aliphatic carbocycles. The van der Waals surface area contributed by atoms with Gasteiger partial charge in [0.25, 0.3) is 0 Å². The van der Waals surface area contributed by atoms with E-state index in [2.05, 4.69) is 0 Å². The first-order chi connectivity index (χ1) is 10.2. The second-order valence-corrected chi connectivity index (χ2v) is 4.26. The van der Waals surface area contributed by atoms with E-state index in [-0.39, 0.29) is 12.4 Å². The predicted octanol–water partition coefficient (Wildman–Crippen LogP) is 1.65. The second-order valence-electron chi connectivity index (χ2n) is 4.26. The Hall–Kier alpha value is -1.95. The SMILES string of the molecule is CO.COCC(O)C(=O)c1ccc2cc(OC)ccc2c1. The molecule has 2 aromatic carbocycles. The fraction of sp³-hybridized carbons (Fsp3) is 0.312. The van der Waals surface area contributed by atoms with Crippen LogP contribution in [0.4, 0.5) is 0 Å². The lowest BCUT2D eigenvalue weighted by Crippen LogP contribution is -2.25. The molecule has 0 radical (unpaired) electrons. The molecular weight excluding hydrogens is 272 g/mol. The predicted molar refractivity (Wildman–Crippen MR) is 80.9 cm³/mol. The molecule has 5 nitrogen and oxygen atoms in total. The lowest BCUT2D eigenvalue weighted by atomic mass is 10.0. The van der Waals surface area contributed by atoms with Gasteiger partial charge in [0.05, 0.1) is 13.7 Å². The Morgan fingerprint density at radius 2 is 1.71 bits per heavy atom. The smallest absolute Gasteiger partial charge is 0.193 e. The number of aliphatic hydroxyl groups excluding tert-OH is 2. The summed E-state index contributed by atoms with van der Waals surface area (Å²) in [5.41, 5.74) is 0.474. The van der Waals surface area contributed by atoms with Gasteiger partial charge >= 0.3 is 0 Å². The van der Waals surface area contributed by atoms with Crippen LogP contribution in [-0.4, -0.2) is 50.0 Å². The van der Waals surface area contributed by atoms with Crippen molar-refractivity contribution >= 4 is 16.6 Å². The van der Waals surface area contributed by atoms with E-state index < -0.39 is 6.10 Å². The van der Waals surface area contributed by atoms with Gasteiger partial charge in [-0.3, -0.25) is 4.79 Å². The highest BCUT2D eigenvalue weighted by molar-refractivity contribution is 6.02. The third kappa shape index (κ3) is 4.26. The van der Waals surface area contributed by atoms with Crippen LogP contribution in [0.2, 0.25) is 0 Å². The van der Waals surface area contributed by atoms with Crippen molar-refractivity contribution in [3.8, 4) is 5.75 Å². The van der Waals surface area contributed by atoms with E-state index in [1.54, 1.807) is 19.2 Å². The lowest BCUT2D eigenvalue weighted by Gasteiger charge is -2.09. The Morgan fingerprint density at radius 3 is 2.33 bits per heavy atom. The van der Waals surface area contributed by atoms with Crippen molar-refractivity contribution in [1.82, 2.24) is 0 Å². The van der Waals surface area contributed by atoms with Crippen LogP contribution >= 0.6 is 0 Å². The van der Waals surface area contributed by atoms with E-state index >= 15 is 0 Å². The Morgan fingerprint density at radius 1 is 1.10 bits per heavy atom. The van der Waals surface area contributed by atoms with E-state index in [0.717, 1.165) is 23.6 Å². The summed E-state index contributed by atoms with van der Waals surface area (Å²) in [5.74, 6) is 0.436. The molecule has 0 fully saturated rings. The minimum absolute atomic E-state index is 0.000513. The lowest BCUT2D eigenvalue weighted by molar-refractivity contribution is 0.0476. The number of methoxy groups -OCH3 is 2. The second kappa shape index (κ2) is 8.36. The maximum absolute atomic E-state index is 11.9. The standard InChI is InChI=1S/C15H16O4.CH4O/c1-18-9-14(16)15(17)12-4-3-11-8-13(19-2)6-5-10(11)7-12;1-2/h3-8,14,16H,9H2,1-2H3;2H,1H3. The summed E-state index contributed by atoms with van der Waals surface area (Å²) in [5, 5.41) is 18.5. The monoisotopic (exact) mass is 292 g/mol. The molecule has 0 saturated heterocycles. The molecule has 2 aromatic rings. The van der Waals surface area contributed by atoms with Crippen molar-refractivity contribution < 1.29 is 24.5 Å². The number of hydrogen-bond donors (Lipinski definition) is 2. The average molecular weight is 292 g/mol. The maximum atomic E-state index is 11.9. The number of Topliss-reactive ketones (excluding diaryl/α,β-unsaturated/α-hetero) is 1. The van der Waals surface area contributed by atoms with Gasteiger partial charge in [-0.05, 0) is 29.0 Å². The van der Waals surface area contributed by atoms with Gasteiger partial charge in [-0.25, -0.2) is 0 Å². The molecule has 1 unspecified atom stereocenters. The molecule has 0 amide bonds. The van der Waals surface area contributed by atoms with Gasteiger partial charge in [0.2, 0.25) is 0 Å². The third-order valence-electron chi connectivity index (χ3n) is 2.96. The van der Waals surface area contributed by atoms with Crippen LogP contribution in [0.3, 0.4) is 0 Å². The summed E-state index contributed by atoms with van der Waals surface area (Å²) in [6.07, 6.45) is -1.12. The number of carbonyl (C=O) groups excluding carboxylic acids is 1. The van der Waals surface area contributed by atoms with Crippen LogP contribution in [0.1, 0.15) is 10.4 Å². The summed E-state index contributed by atoms with van der Waals surface area (Å²) < 4.78 is 9.92. The third-order valence-corrected chi connectivity index (χ3v) is 2.96. The average Bonchev–Trinajstić information content (AvgIpc) is 2.55. The summed E-state index contributed by atoms with van der Waals surface area (Å²) in [7, 11) is 4.06. The zero-order chi connectivity index (χ0) is 15.8. The molecule has 2 rings (SSSR count). The molecule has 0 bridgehead atoms. The zero-order valence-corrected chi connectivity index (χ0v) is 12.4. The summed E-state index contributed by atoms with van der Waals surface area (Å²) in [6, 6.07) is 10.9. The minimum Gasteiger partial charge on any atom is -0.497 e. The number of ketones is 1. The number of aliphatic hydroxyl groups is 2. The van der Waals surface area contributed by atoms with Gasteiger partial charge in [-0.1, -0.05) is 18.2 Å². The number of benzene rings is 2. The van der Waals surface area contributed by atoms with Crippen LogP contribution in [0, 0.1) is 0 Å². The fourth-order valence-electron chi connectivity index (χ4n) is 1.93. The van der Waals surface area contributed by atoms with Crippen LogP contribution in [0.15, 0.2) is 36.4 Å². The molecule has 0 spiro atoms. The summed E-state index contributed by atoms with van der Waals surface area (Å²) in [6.45, 7) is -0.000513. The van der Waals surface area contributed by atoms with Gasteiger partial charge in [0.1, 0.15) is 11.9 Å². The molecule has 0 heterocycles. The summed E-state index contributed by atoms with van der Waals surface area (Å²) in [4.78, 5) is 11.9. The Labute approximate surface area is 123 Å². The first-order valence-corrected chi connectivity index (χ1v) is 6.39. The van der Waals surface area contributed by atoms with Gasteiger partial charge in [0.15, 0.2) is 5.78 Å². The van der Waals surface area contributed by atoms with Crippen LogP contribution in [-0.2, 0) is 4.74 Å². The number of ether oxygens (including phenoxy) is 2. The van der Waals surface area contributed by atoms with Crippen molar-refractivity contribution in [2.24, 2.45) is 0 Å². The molecule has 2 N–H and O–H groups in total. The topological polar surface area (TPSA) is 76.0 Å². The van der Waals surface area contributed by atoms with Crippen molar-refractivity contribution in [3.63, 3.8) is 0 Å². The van der Waals surface area contributed by atoms with E-state index in [1.807, 2.05) is 24.3 Å². The molecule has 0 aromatic heterocycles. The molecule has 5 heteroatoms. The molecular formula is C16H20O5. The van der Waals surface area contributed by atoms with E-state index in [1.165, 1.54) is 7.11 Å². The van der Waals surface area contributed by atoms with E-state index in [4.69, 9.17) is 14.6 Å². The van der Waals surface area contributed by atoms with Crippen LogP contribution in [0.25, 0.3) is 10.8 Å². The molecule has 0 aliphatic rings. The Kier molecular flexibility index (Phi) is 6.81. The molecule has 0 aliphatic heterocycles. The highest BCUT2D eigenvalue weighted by Crippen LogP contribution is 2.22. The quantitative estimate of drug-likeness (QED) is 0.819. The first-order valence-electron chi connectivity index (χ1n) is 6.39. The summed E-state index contributed by atoms with van der Waals surface area (Å²) >= 11 is 0. The first kappa shape index (κ1) is 17.1. The van der Waals surface area contributed by atoms with Crippen molar-refractivity contribution in [1.29, 1.82) is 0 Å². The zero-order valence-electron chi connectivity index (χ0n) is 12.4. The van der Waals surface area contributed by atoms with Crippen molar-refractivity contribution in [3.05, 3.63) is 42.0 Å². The fourth-order valence-corrected chi connectivity index (χ4v) is 1.93. The normalized spacial score (nSPS) is 11.5. The molecule has 21 heavy (non-hydrogen) atoms. The van der Waals surface area contributed by atoms with E-state index in [9.17, 15) is 9.90 Å². The molecule has 1 atom stereocenters. The minimum atomic E-state index is -1.12. The highest BCUT2D eigenvalue weighted by Gasteiger charge is 2.17. The number of carbonyl (C=O) groups is 1. The molecule has 114 valence electrons. The van der Waals surface area contributed by atoms with Crippen LogP contribution < -0.4 is 4.74 Å². The maximum Gasteiger partial charge on any atom is 0.193 e. The number of fused-ring (bicyclic) bond motifs is 1. The van der Waals surface area contributed by atoms with Gasteiger partial charge in [-0.15, -0.1) is 0 Å². The Bertz CT molecular complexity index is 594. The largest absolute Gasteiger partial charge is 0.497 e. The van der Waals surface area contributed by atoms with Gasteiger partial charge in [0, 0.05) is 19.8 Å². The molecule has 0 saturated carbocycles. The van der Waals surface area contributed by atoms with Crippen molar-refractivity contribution in [2.75, 3.05) is 27.9 Å². The Balaban J connectivity index is 0.00000106. The highest BCUT2D eigenvalue weighted by atomic mass is 16.5. The van der Waals surface area contributed by atoms with Crippen molar-refractivity contribution in [2.45, 2.75) is 6.10 Å². The van der Waals surface area contributed by atoms with E-state index in [0.29, 0.717) is 5.56 Å².